The van der Waals surface area contributed by atoms with Crippen LogP contribution in [0.5, 0.6) is 0 Å². The van der Waals surface area contributed by atoms with Gasteiger partial charge in [0.25, 0.3) is 0 Å². The Morgan fingerprint density at radius 3 is 2.43 bits per heavy atom. The number of benzene rings is 2. The SMILES string of the molecule is NC(=O)C(NC[C@H]1CCO[C@@H]1c1ccccc1)c1ccccc1. The van der Waals surface area contributed by atoms with Gasteiger partial charge in [0, 0.05) is 19.1 Å². The molecule has 0 aliphatic carbocycles. The Kier molecular flexibility index (Phi) is 5.05. The topological polar surface area (TPSA) is 64.4 Å². The molecule has 1 aliphatic rings. The Bertz CT molecular complexity index is 630. The van der Waals surface area contributed by atoms with Gasteiger partial charge in [0.2, 0.25) is 5.91 Å². The molecule has 23 heavy (non-hydrogen) atoms. The van der Waals surface area contributed by atoms with Crippen LogP contribution >= 0.6 is 0 Å². The highest BCUT2D eigenvalue weighted by molar-refractivity contribution is 5.81. The van der Waals surface area contributed by atoms with Crippen LogP contribution in [-0.2, 0) is 9.53 Å². The van der Waals surface area contributed by atoms with Gasteiger partial charge in [0.05, 0.1) is 6.10 Å². The summed E-state index contributed by atoms with van der Waals surface area (Å²) >= 11 is 0. The minimum atomic E-state index is -0.465. The Balaban J connectivity index is 1.67. The molecule has 2 aromatic rings. The fourth-order valence-electron chi connectivity index (χ4n) is 3.15. The monoisotopic (exact) mass is 310 g/mol. The van der Waals surface area contributed by atoms with Gasteiger partial charge in [-0.15, -0.1) is 0 Å². The number of carbonyl (C=O) groups is 1. The summed E-state index contributed by atoms with van der Waals surface area (Å²) in [4.78, 5) is 11.8. The van der Waals surface area contributed by atoms with Crippen molar-refractivity contribution in [2.75, 3.05) is 13.2 Å². The molecule has 0 radical (unpaired) electrons. The number of amides is 1. The highest BCUT2D eigenvalue weighted by Crippen LogP contribution is 2.34. The number of hydrogen-bond acceptors (Lipinski definition) is 3. The van der Waals surface area contributed by atoms with E-state index in [0.717, 1.165) is 18.6 Å². The van der Waals surface area contributed by atoms with E-state index in [0.29, 0.717) is 12.5 Å². The number of rotatable bonds is 6. The summed E-state index contributed by atoms with van der Waals surface area (Å²) < 4.78 is 5.89. The zero-order valence-electron chi connectivity index (χ0n) is 13.0. The fourth-order valence-corrected chi connectivity index (χ4v) is 3.15. The van der Waals surface area contributed by atoms with E-state index in [9.17, 15) is 4.79 Å². The number of ether oxygens (including phenoxy) is 1. The van der Waals surface area contributed by atoms with E-state index >= 15 is 0 Å². The van der Waals surface area contributed by atoms with Crippen LogP contribution in [0.4, 0.5) is 0 Å². The summed E-state index contributed by atoms with van der Waals surface area (Å²) in [5.74, 6) is -0.0191. The van der Waals surface area contributed by atoms with Crippen LogP contribution in [0, 0.1) is 5.92 Å². The zero-order valence-corrected chi connectivity index (χ0v) is 13.0. The molecular weight excluding hydrogens is 288 g/mol. The van der Waals surface area contributed by atoms with Gasteiger partial charge in [-0.05, 0) is 17.5 Å². The summed E-state index contributed by atoms with van der Waals surface area (Å²) in [5, 5.41) is 3.32. The quantitative estimate of drug-likeness (QED) is 0.862. The molecule has 1 amide bonds. The molecule has 0 spiro atoms. The molecule has 1 fully saturated rings. The molecule has 0 aromatic heterocycles. The molecule has 120 valence electrons. The molecule has 4 nitrogen and oxygen atoms in total. The average molecular weight is 310 g/mol. The molecule has 0 bridgehead atoms. The molecule has 1 heterocycles. The van der Waals surface area contributed by atoms with Gasteiger partial charge >= 0.3 is 0 Å². The van der Waals surface area contributed by atoms with Crippen molar-refractivity contribution in [3.63, 3.8) is 0 Å². The smallest absolute Gasteiger partial charge is 0.239 e. The van der Waals surface area contributed by atoms with Crippen molar-refractivity contribution in [1.29, 1.82) is 0 Å². The Hall–Kier alpha value is -2.17. The molecule has 0 saturated carbocycles. The summed E-state index contributed by atoms with van der Waals surface area (Å²) in [6.07, 6.45) is 1.06. The van der Waals surface area contributed by atoms with E-state index in [1.54, 1.807) is 0 Å². The van der Waals surface area contributed by atoms with Crippen LogP contribution < -0.4 is 11.1 Å². The lowest BCUT2D eigenvalue weighted by Gasteiger charge is -2.22. The maximum Gasteiger partial charge on any atom is 0.239 e. The van der Waals surface area contributed by atoms with Crippen molar-refractivity contribution in [3.05, 3.63) is 71.8 Å². The number of hydrogen-bond donors (Lipinski definition) is 2. The van der Waals surface area contributed by atoms with Gasteiger partial charge < -0.3 is 15.8 Å². The Labute approximate surface area is 136 Å². The highest BCUT2D eigenvalue weighted by Gasteiger charge is 2.30. The summed E-state index contributed by atoms with van der Waals surface area (Å²) in [5.41, 5.74) is 7.65. The summed E-state index contributed by atoms with van der Waals surface area (Å²) in [7, 11) is 0. The van der Waals surface area contributed by atoms with Crippen LogP contribution in [0.15, 0.2) is 60.7 Å². The average Bonchev–Trinajstić information content (AvgIpc) is 3.05. The second-order valence-electron chi connectivity index (χ2n) is 5.91. The molecular formula is C19H22N2O2. The van der Waals surface area contributed by atoms with Crippen molar-refractivity contribution in [1.82, 2.24) is 5.32 Å². The van der Waals surface area contributed by atoms with Gasteiger partial charge in [-0.3, -0.25) is 4.79 Å². The maximum atomic E-state index is 11.8. The van der Waals surface area contributed by atoms with Gasteiger partial charge in [-0.25, -0.2) is 0 Å². The first-order chi connectivity index (χ1) is 11.3. The molecule has 1 saturated heterocycles. The van der Waals surface area contributed by atoms with E-state index in [2.05, 4.69) is 17.4 Å². The lowest BCUT2D eigenvalue weighted by atomic mass is 9.94. The van der Waals surface area contributed by atoms with Crippen molar-refractivity contribution in [2.45, 2.75) is 18.6 Å². The van der Waals surface area contributed by atoms with Gasteiger partial charge in [-0.2, -0.15) is 0 Å². The molecule has 3 atom stereocenters. The van der Waals surface area contributed by atoms with E-state index in [4.69, 9.17) is 10.5 Å². The highest BCUT2D eigenvalue weighted by atomic mass is 16.5. The van der Waals surface area contributed by atoms with Crippen LogP contribution in [0.2, 0.25) is 0 Å². The van der Waals surface area contributed by atoms with Crippen LogP contribution in [0.1, 0.15) is 29.7 Å². The van der Waals surface area contributed by atoms with Gasteiger partial charge in [0.1, 0.15) is 6.04 Å². The predicted molar refractivity (Wildman–Crippen MR) is 89.6 cm³/mol. The van der Waals surface area contributed by atoms with Crippen molar-refractivity contribution in [2.24, 2.45) is 11.7 Å². The van der Waals surface area contributed by atoms with Crippen molar-refractivity contribution < 1.29 is 9.53 Å². The Morgan fingerprint density at radius 1 is 1.13 bits per heavy atom. The molecule has 4 heteroatoms. The van der Waals surface area contributed by atoms with Gasteiger partial charge in [0.15, 0.2) is 0 Å². The molecule has 3 N–H and O–H groups in total. The van der Waals surface area contributed by atoms with Gasteiger partial charge in [-0.1, -0.05) is 60.7 Å². The third kappa shape index (κ3) is 3.78. The number of carbonyl (C=O) groups excluding carboxylic acids is 1. The van der Waals surface area contributed by atoms with E-state index in [1.165, 1.54) is 5.56 Å². The normalized spacial score (nSPS) is 21.9. The molecule has 2 aromatic carbocycles. The molecule has 3 rings (SSSR count). The van der Waals surface area contributed by atoms with Crippen LogP contribution in [0.3, 0.4) is 0 Å². The van der Waals surface area contributed by atoms with Crippen molar-refractivity contribution >= 4 is 5.91 Å². The third-order valence-electron chi connectivity index (χ3n) is 4.34. The van der Waals surface area contributed by atoms with E-state index in [1.807, 2.05) is 48.5 Å². The summed E-state index contributed by atoms with van der Waals surface area (Å²) in [6.45, 7) is 1.44. The predicted octanol–water partition coefficient (Wildman–Crippen LogP) is 2.58. The number of primary amides is 1. The minimum Gasteiger partial charge on any atom is -0.373 e. The minimum absolute atomic E-state index is 0.0769. The largest absolute Gasteiger partial charge is 0.373 e. The third-order valence-corrected chi connectivity index (χ3v) is 4.34. The standard InChI is InChI=1S/C19H22N2O2/c20-19(22)17(14-7-3-1-4-8-14)21-13-16-11-12-23-18(16)15-9-5-2-6-10-15/h1-10,16-18,21H,11-13H2,(H2,20,22)/t16-,17?,18-/m1/s1. The van der Waals surface area contributed by atoms with Crippen molar-refractivity contribution in [3.8, 4) is 0 Å². The fraction of sp³-hybridized carbons (Fsp3) is 0.316. The molecule has 1 aliphatic heterocycles. The van der Waals surface area contributed by atoms with Crippen LogP contribution in [-0.4, -0.2) is 19.1 Å². The van der Waals surface area contributed by atoms with Crippen LogP contribution in [0.25, 0.3) is 0 Å². The van der Waals surface area contributed by atoms with E-state index < -0.39 is 6.04 Å². The number of nitrogens with two attached hydrogens (primary N) is 1. The second-order valence-corrected chi connectivity index (χ2v) is 5.91. The van der Waals surface area contributed by atoms with E-state index in [-0.39, 0.29) is 12.0 Å². The first-order valence-corrected chi connectivity index (χ1v) is 8.00. The molecule has 1 unspecified atom stereocenters. The lowest BCUT2D eigenvalue weighted by molar-refractivity contribution is -0.120. The number of nitrogens with one attached hydrogen (secondary N) is 1. The second kappa shape index (κ2) is 7.40. The first kappa shape index (κ1) is 15.7. The summed E-state index contributed by atoms with van der Waals surface area (Å²) in [6, 6.07) is 19.4. The maximum absolute atomic E-state index is 11.8. The first-order valence-electron chi connectivity index (χ1n) is 8.00. The lowest BCUT2D eigenvalue weighted by Crippen LogP contribution is -2.37. The zero-order chi connectivity index (χ0) is 16.1. The Morgan fingerprint density at radius 2 is 1.78 bits per heavy atom.